The highest BCUT2D eigenvalue weighted by Crippen LogP contribution is 2.34. The Labute approximate surface area is 119 Å². The maximum Gasteiger partial charge on any atom is 0.333 e. The minimum absolute atomic E-state index is 0.195. The smallest absolute Gasteiger partial charge is 0.333 e. The van der Waals surface area contributed by atoms with E-state index < -0.39 is 21.1 Å². The van der Waals surface area contributed by atoms with E-state index in [0.717, 1.165) is 0 Å². The normalized spacial score (nSPS) is 22.4. The molecular weight excluding hydrogens is 276 g/mol. The van der Waals surface area contributed by atoms with Crippen LogP contribution in [0, 0.1) is 5.92 Å². The van der Waals surface area contributed by atoms with Crippen molar-refractivity contribution < 1.29 is 17.9 Å². The van der Waals surface area contributed by atoms with Crippen LogP contribution in [0.4, 0.5) is 0 Å². The standard InChI is InChI=1S/C15H18O4S/c1-3-19-15(16)12-9-11(2)14(10-12)20(17,18)13-7-5-4-6-8-13/h4-9,11,14H,3,10H2,1-2H3/t11-,14-/m1/s1. The van der Waals surface area contributed by atoms with E-state index in [2.05, 4.69) is 0 Å². The van der Waals surface area contributed by atoms with Crippen molar-refractivity contribution in [2.24, 2.45) is 5.92 Å². The first kappa shape index (κ1) is 14.8. The number of allylic oxidation sites excluding steroid dienone is 1. The number of ether oxygens (including phenoxy) is 1. The van der Waals surface area contributed by atoms with E-state index in [1.165, 1.54) is 0 Å². The topological polar surface area (TPSA) is 60.4 Å². The van der Waals surface area contributed by atoms with Crippen LogP contribution >= 0.6 is 0 Å². The van der Waals surface area contributed by atoms with E-state index in [9.17, 15) is 13.2 Å². The number of sulfone groups is 1. The van der Waals surface area contributed by atoms with Crippen molar-refractivity contribution in [3.05, 3.63) is 42.0 Å². The molecule has 108 valence electrons. The summed E-state index contributed by atoms with van der Waals surface area (Å²) in [7, 11) is -3.43. The van der Waals surface area contributed by atoms with Gasteiger partial charge in [-0.3, -0.25) is 0 Å². The van der Waals surface area contributed by atoms with Gasteiger partial charge in [-0.2, -0.15) is 0 Å². The van der Waals surface area contributed by atoms with Crippen molar-refractivity contribution in [2.45, 2.75) is 30.4 Å². The van der Waals surface area contributed by atoms with Gasteiger partial charge in [0, 0.05) is 5.57 Å². The van der Waals surface area contributed by atoms with E-state index in [1.807, 2.05) is 6.92 Å². The van der Waals surface area contributed by atoms with Crippen LogP contribution in [0.25, 0.3) is 0 Å². The predicted molar refractivity (Wildman–Crippen MR) is 75.9 cm³/mol. The lowest BCUT2D eigenvalue weighted by molar-refractivity contribution is -0.138. The molecule has 0 spiro atoms. The number of hydrogen-bond acceptors (Lipinski definition) is 4. The Balaban J connectivity index is 2.23. The molecule has 0 heterocycles. The van der Waals surface area contributed by atoms with E-state index in [1.54, 1.807) is 43.3 Å². The molecule has 1 aliphatic carbocycles. The van der Waals surface area contributed by atoms with Crippen molar-refractivity contribution in [3.8, 4) is 0 Å². The van der Waals surface area contributed by atoms with Crippen LogP contribution in [0.1, 0.15) is 20.3 Å². The Morgan fingerprint density at radius 3 is 2.55 bits per heavy atom. The van der Waals surface area contributed by atoms with Crippen LogP contribution in [0.15, 0.2) is 46.9 Å². The molecule has 0 radical (unpaired) electrons. The summed E-state index contributed by atoms with van der Waals surface area (Å²) in [6.07, 6.45) is 1.93. The van der Waals surface area contributed by atoms with Crippen LogP contribution in [-0.4, -0.2) is 26.2 Å². The molecule has 20 heavy (non-hydrogen) atoms. The molecule has 4 nitrogen and oxygen atoms in total. The molecule has 1 aliphatic rings. The third-order valence-electron chi connectivity index (χ3n) is 3.48. The van der Waals surface area contributed by atoms with E-state index in [0.29, 0.717) is 17.1 Å². The average Bonchev–Trinajstić information content (AvgIpc) is 2.83. The van der Waals surface area contributed by atoms with Gasteiger partial charge in [-0.15, -0.1) is 0 Å². The molecule has 0 amide bonds. The number of hydrogen-bond donors (Lipinski definition) is 0. The third-order valence-corrected chi connectivity index (χ3v) is 5.80. The van der Waals surface area contributed by atoms with Gasteiger partial charge in [0.15, 0.2) is 9.84 Å². The van der Waals surface area contributed by atoms with Gasteiger partial charge in [0.2, 0.25) is 0 Å². The van der Waals surface area contributed by atoms with E-state index in [-0.39, 0.29) is 12.3 Å². The van der Waals surface area contributed by atoms with Crippen LogP contribution in [0.2, 0.25) is 0 Å². The fourth-order valence-electron chi connectivity index (χ4n) is 2.45. The molecule has 2 rings (SSSR count). The lowest BCUT2D eigenvalue weighted by Gasteiger charge is -2.16. The molecule has 1 aromatic rings. The lowest BCUT2D eigenvalue weighted by Crippen LogP contribution is -2.25. The quantitative estimate of drug-likeness (QED) is 0.800. The summed E-state index contributed by atoms with van der Waals surface area (Å²) < 4.78 is 30.1. The SMILES string of the molecule is CCOC(=O)C1=C[C@@H](C)[C@H](S(=O)(=O)c2ccccc2)C1. The Morgan fingerprint density at radius 1 is 1.30 bits per heavy atom. The third kappa shape index (κ3) is 2.77. The van der Waals surface area contributed by atoms with Crippen molar-refractivity contribution in [3.63, 3.8) is 0 Å². The van der Waals surface area contributed by atoms with Crippen LogP contribution < -0.4 is 0 Å². The van der Waals surface area contributed by atoms with Gasteiger partial charge in [-0.05, 0) is 31.4 Å². The minimum Gasteiger partial charge on any atom is -0.463 e. The van der Waals surface area contributed by atoms with Crippen molar-refractivity contribution in [1.29, 1.82) is 0 Å². The van der Waals surface area contributed by atoms with Gasteiger partial charge >= 0.3 is 5.97 Å². The van der Waals surface area contributed by atoms with Gasteiger partial charge in [0.25, 0.3) is 0 Å². The minimum atomic E-state index is -3.43. The first-order valence-electron chi connectivity index (χ1n) is 6.63. The largest absolute Gasteiger partial charge is 0.463 e. The van der Waals surface area contributed by atoms with Gasteiger partial charge in [0.1, 0.15) is 0 Å². The molecule has 0 fully saturated rings. The first-order chi connectivity index (χ1) is 9.46. The number of benzene rings is 1. The highest BCUT2D eigenvalue weighted by molar-refractivity contribution is 7.92. The number of esters is 1. The molecule has 0 unspecified atom stereocenters. The van der Waals surface area contributed by atoms with Gasteiger partial charge in [-0.25, -0.2) is 13.2 Å². The summed E-state index contributed by atoms with van der Waals surface area (Å²) in [5.74, 6) is -0.607. The molecule has 5 heteroatoms. The van der Waals surface area contributed by atoms with Crippen LogP contribution in [0.5, 0.6) is 0 Å². The summed E-state index contributed by atoms with van der Waals surface area (Å²) in [6, 6.07) is 8.35. The Morgan fingerprint density at radius 2 is 1.95 bits per heavy atom. The zero-order valence-electron chi connectivity index (χ0n) is 11.6. The fraction of sp³-hybridized carbons (Fsp3) is 0.400. The summed E-state index contributed by atoms with van der Waals surface area (Å²) in [4.78, 5) is 12.0. The summed E-state index contributed by atoms with van der Waals surface area (Å²) >= 11 is 0. The Hall–Kier alpha value is -1.62. The van der Waals surface area contributed by atoms with Crippen molar-refractivity contribution in [1.82, 2.24) is 0 Å². The molecule has 0 bridgehead atoms. The average molecular weight is 294 g/mol. The van der Waals surface area contributed by atoms with Gasteiger partial charge in [-0.1, -0.05) is 31.2 Å². The summed E-state index contributed by atoms with van der Waals surface area (Å²) in [5.41, 5.74) is 0.462. The maximum atomic E-state index is 12.6. The second-order valence-corrected chi connectivity index (χ2v) is 7.04. The van der Waals surface area contributed by atoms with Crippen LogP contribution in [-0.2, 0) is 19.4 Å². The number of carbonyl (C=O) groups excluding carboxylic acids is 1. The highest BCUT2D eigenvalue weighted by atomic mass is 32.2. The number of rotatable bonds is 4. The predicted octanol–water partition coefficient (Wildman–Crippen LogP) is 2.36. The van der Waals surface area contributed by atoms with Gasteiger partial charge < -0.3 is 4.74 Å². The second kappa shape index (κ2) is 5.79. The summed E-state index contributed by atoms with van der Waals surface area (Å²) in [5, 5.41) is -0.593. The van der Waals surface area contributed by atoms with Crippen molar-refractivity contribution >= 4 is 15.8 Å². The zero-order valence-corrected chi connectivity index (χ0v) is 12.4. The van der Waals surface area contributed by atoms with E-state index in [4.69, 9.17) is 4.74 Å². The Kier molecular flexibility index (Phi) is 4.28. The first-order valence-corrected chi connectivity index (χ1v) is 8.18. The molecule has 0 saturated heterocycles. The molecule has 2 atom stereocenters. The molecule has 1 aromatic carbocycles. The monoisotopic (exact) mass is 294 g/mol. The zero-order chi connectivity index (χ0) is 14.8. The fourth-order valence-corrected chi connectivity index (χ4v) is 4.38. The molecular formula is C15H18O4S. The lowest BCUT2D eigenvalue weighted by atomic mass is 10.1. The second-order valence-electron chi connectivity index (χ2n) is 4.87. The molecule has 0 aromatic heterocycles. The molecule has 0 saturated carbocycles. The number of carbonyl (C=O) groups is 1. The van der Waals surface area contributed by atoms with E-state index >= 15 is 0 Å². The summed E-state index contributed by atoms with van der Waals surface area (Å²) in [6.45, 7) is 3.84. The Bertz CT molecular complexity index is 617. The maximum absolute atomic E-state index is 12.6. The molecule has 0 N–H and O–H groups in total. The van der Waals surface area contributed by atoms with Crippen molar-refractivity contribution in [2.75, 3.05) is 6.61 Å². The van der Waals surface area contributed by atoms with Crippen LogP contribution in [0.3, 0.4) is 0 Å². The molecule has 0 aliphatic heterocycles. The van der Waals surface area contributed by atoms with Gasteiger partial charge in [0.05, 0.1) is 16.8 Å². The highest BCUT2D eigenvalue weighted by Gasteiger charge is 2.38.